The van der Waals surface area contributed by atoms with E-state index < -0.39 is 56.6 Å². The summed E-state index contributed by atoms with van der Waals surface area (Å²) in [4.78, 5) is 39.5. The Morgan fingerprint density at radius 1 is 0.674 bits per heavy atom. The van der Waals surface area contributed by atoms with Gasteiger partial charge in [0.05, 0.1) is 55.9 Å². The van der Waals surface area contributed by atoms with Gasteiger partial charge in [0, 0.05) is 0 Å². The molecule has 0 spiro atoms. The first-order chi connectivity index (χ1) is 21.6. The number of carbonyl (C=O) groups excluding carboxylic acids is 3. The SMILES string of the molecule is [B]Cc1cc(C)c(OC(=O)c2cc(C(=O)OCC(F)(F)S(=O)(=O)O)cc(C(=O)Oc3c(C[B])cc(C[B])cc3C[B])c2)c(C[B])c1. The summed E-state index contributed by atoms with van der Waals surface area (Å²) in [5.74, 6) is -3.71. The van der Waals surface area contributed by atoms with Crippen molar-refractivity contribution in [2.75, 3.05) is 6.61 Å². The number of esters is 3. The Kier molecular flexibility index (Phi) is 12.1. The zero-order valence-corrected chi connectivity index (χ0v) is 25.4. The Balaban J connectivity index is 2.08. The first kappa shape index (κ1) is 36.6. The van der Waals surface area contributed by atoms with Crippen LogP contribution in [0.3, 0.4) is 0 Å². The van der Waals surface area contributed by atoms with Crippen LogP contribution in [0.5, 0.6) is 11.5 Å². The third kappa shape index (κ3) is 8.49. The van der Waals surface area contributed by atoms with Crippen LogP contribution in [0.2, 0.25) is 0 Å². The summed E-state index contributed by atoms with van der Waals surface area (Å²) >= 11 is 0. The fourth-order valence-electron chi connectivity index (χ4n) is 4.31. The molecule has 0 amide bonds. The topological polar surface area (TPSA) is 133 Å². The lowest BCUT2D eigenvalue weighted by Gasteiger charge is -2.17. The van der Waals surface area contributed by atoms with Gasteiger partial charge >= 0.3 is 33.3 Å². The average molecular weight is 640 g/mol. The second-order valence-electron chi connectivity index (χ2n) is 9.93. The summed E-state index contributed by atoms with van der Waals surface area (Å²) in [7, 11) is 23.0. The van der Waals surface area contributed by atoms with E-state index in [4.69, 9.17) is 53.3 Å². The number of carbonyl (C=O) groups is 3. The Labute approximate surface area is 271 Å². The van der Waals surface area contributed by atoms with Crippen molar-refractivity contribution in [3.05, 3.63) is 92.5 Å². The maximum absolute atomic E-state index is 13.8. The summed E-state index contributed by atoms with van der Waals surface area (Å²) in [6.07, 6.45) is 0.114. The van der Waals surface area contributed by atoms with Crippen molar-refractivity contribution in [3.63, 3.8) is 0 Å². The molecule has 0 aliphatic heterocycles. The first-order valence-corrected chi connectivity index (χ1v) is 14.9. The summed E-state index contributed by atoms with van der Waals surface area (Å²) in [5, 5.41) is -4.85. The zero-order valence-electron chi connectivity index (χ0n) is 24.5. The molecule has 0 aliphatic carbocycles. The molecule has 0 aromatic heterocycles. The van der Waals surface area contributed by atoms with E-state index in [0.717, 1.165) is 18.2 Å². The molecule has 17 heteroatoms. The summed E-state index contributed by atoms with van der Waals surface area (Å²) in [6, 6.07) is 9.22. The number of benzene rings is 3. The summed E-state index contributed by atoms with van der Waals surface area (Å²) in [6.45, 7) is -0.439. The monoisotopic (exact) mass is 640 g/mol. The molecule has 10 radical (unpaired) electrons. The molecule has 0 saturated carbocycles. The highest BCUT2D eigenvalue weighted by Gasteiger charge is 2.45. The molecule has 228 valence electrons. The highest BCUT2D eigenvalue weighted by molar-refractivity contribution is 7.86. The van der Waals surface area contributed by atoms with Crippen LogP contribution in [0.1, 0.15) is 64.5 Å². The number of aryl methyl sites for hydroxylation is 1. The molecular formula is C29H23B5F2O9S. The predicted molar refractivity (Wildman–Crippen MR) is 168 cm³/mol. The van der Waals surface area contributed by atoms with Gasteiger partial charge in [-0.2, -0.15) is 17.2 Å². The second-order valence-corrected chi connectivity index (χ2v) is 11.5. The van der Waals surface area contributed by atoms with E-state index in [1.165, 1.54) is 0 Å². The lowest BCUT2D eigenvalue weighted by molar-refractivity contribution is -0.00951. The molecule has 0 fully saturated rings. The maximum atomic E-state index is 13.8. The number of ether oxygens (including phenoxy) is 3. The Hall–Kier alpha value is -3.84. The number of rotatable bonds is 13. The van der Waals surface area contributed by atoms with Crippen molar-refractivity contribution >= 4 is 67.3 Å². The Morgan fingerprint density at radius 3 is 1.48 bits per heavy atom. The van der Waals surface area contributed by atoms with Crippen LogP contribution in [-0.2, 0) is 46.5 Å². The molecule has 46 heavy (non-hydrogen) atoms. The molecule has 3 aromatic carbocycles. The van der Waals surface area contributed by atoms with Gasteiger partial charge in [0.2, 0.25) is 0 Å². The van der Waals surface area contributed by atoms with Crippen molar-refractivity contribution in [2.24, 2.45) is 0 Å². The molecule has 3 aromatic rings. The van der Waals surface area contributed by atoms with Gasteiger partial charge in [0.15, 0.2) is 6.61 Å². The van der Waals surface area contributed by atoms with Gasteiger partial charge < -0.3 is 14.2 Å². The van der Waals surface area contributed by atoms with Crippen molar-refractivity contribution in [2.45, 2.75) is 43.8 Å². The fraction of sp³-hybridized carbons (Fsp3) is 0.276. The van der Waals surface area contributed by atoms with E-state index in [-0.39, 0.29) is 43.1 Å². The van der Waals surface area contributed by atoms with Gasteiger partial charge in [-0.15, -0.1) is 0 Å². The van der Waals surface area contributed by atoms with E-state index in [2.05, 4.69) is 4.74 Å². The van der Waals surface area contributed by atoms with Gasteiger partial charge in [-0.05, 0) is 47.4 Å². The number of hydrogen-bond donors (Lipinski definition) is 1. The van der Waals surface area contributed by atoms with Crippen LogP contribution < -0.4 is 9.47 Å². The summed E-state index contributed by atoms with van der Waals surface area (Å²) in [5.41, 5.74) is 1.50. The van der Waals surface area contributed by atoms with Crippen LogP contribution in [-0.4, -0.2) is 82.0 Å². The van der Waals surface area contributed by atoms with Crippen molar-refractivity contribution < 1.29 is 50.3 Å². The van der Waals surface area contributed by atoms with Crippen molar-refractivity contribution in [1.29, 1.82) is 0 Å². The fourth-order valence-corrected chi connectivity index (χ4v) is 4.52. The molecular weight excluding hydrogens is 616 g/mol. The predicted octanol–water partition coefficient (Wildman–Crippen LogP) is 2.41. The Morgan fingerprint density at radius 2 is 1.07 bits per heavy atom. The highest BCUT2D eigenvalue weighted by atomic mass is 32.2. The first-order valence-electron chi connectivity index (χ1n) is 13.5. The van der Waals surface area contributed by atoms with E-state index >= 15 is 0 Å². The van der Waals surface area contributed by atoms with Crippen LogP contribution in [0.15, 0.2) is 42.5 Å². The Bertz CT molecular complexity index is 1740. The van der Waals surface area contributed by atoms with Gasteiger partial charge in [0.25, 0.3) is 0 Å². The zero-order chi connectivity index (χ0) is 34.4. The number of hydrogen-bond acceptors (Lipinski definition) is 8. The third-order valence-corrected chi connectivity index (χ3v) is 7.50. The molecule has 0 saturated heterocycles. The molecule has 0 bridgehead atoms. The lowest BCUT2D eigenvalue weighted by Crippen LogP contribution is -2.34. The molecule has 0 aliphatic rings. The normalized spacial score (nSPS) is 11.6. The minimum Gasteiger partial charge on any atom is -0.454 e. The minimum atomic E-state index is -5.93. The molecule has 0 heterocycles. The van der Waals surface area contributed by atoms with E-state index in [0.29, 0.717) is 33.4 Å². The van der Waals surface area contributed by atoms with Gasteiger partial charge in [-0.3, -0.25) is 4.55 Å². The van der Waals surface area contributed by atoms with Crippen molar-refractivity contribution in [3.8, 4) is 11.5 Å². The summed E-state index contributed by atoms with van der Waals surface area (Å²) < 4.78 is 73.7. The van der Waals surface area contributed by atoms with Crippen molar-refractivity contribution in [1.82, 2.24) is 0 Å². The molecule has 9 nitrogen and oxygen atoms in total. The van der Waals surface area contributed by atoms with E-state index in [9.17, 15) is 31.6 Å². The van der Waals surface area contributed by atoms with E-state index in [1.807, 2.05) is 0 Å². The maximum Gasteiger partial charge on any atom is 0.402 e. The molecule has 1 N–H and O–H groups in total. The van der Waals surface area contributed by atoms with Gasteiger partial charge in [0.1, 0.15) is 11.5 Å². The van der Waals surface area contributed by atoms with Gasteiger partial charge in [-0.25, -0.2) is 14.4 Å². The smallest absolute Gasteiger partial charge is 0.402 e. The standard InChI is InChI=1S/C29H23B5F2O9S/c1-15-2-16(9-30)3-21(11-32)24(15)44-27(38)19-6-18(26(37)43-14-29(35,36)46(40,41)42)7-20(8-19)28(39)45-25-22(12-33)4-17(10-31)5-23(25)13-34/h2-8H,9-14H2,1H3,(H,40,41,42). The third-order valence-electron chi connectivity index (χ3n) is 6.62. The molecule has 0 atom stereocenters. The molecule has 3 rings (SSSR count). The lowest BCUT2D eigenvalue weighted by atomic mass is 9.85. The quantitative estimate of drug-likeness (QED) is 0.130. The van der Waals surface area contributed by atoms with Gasteiger partial charge in [-0.1, -0.05) is 67.0 Å². The van der Waals surface area contributed by atoms with Crippen LogP contribution in [0.4, 0.5) is 8.78 Å². The number of alkyl halides is 2. The largest absolute Gasteiger partial charge is 0.454 e. The second kappa shape index (κ2) is 15.2. The van der Waals surface area contributed by atoms with Crippen LogP contribution in [0, 0.1) is 6.92 Å². The van der Waals surface area contributed by atoms with Crippen LogP contribution in [0.25, 0.3) is 0 Å². The van der Waals surface area contributed by atoms with Crippen LogP contribution >= 0.6 is 0 Å². The number of halogens is 2. The average Bonchev–Trinajstić information content (AvgIpc) is 3.03. The van der Waals surface area contributed by atoms with E-state index in [1.54, 1.807) is 31.2 Å². The highest BCUT2D eigenvalue weighted by Crippen LogP contribution is 2.30. The minimum absolute atomic E-state index is 0.000284. The molecule has 0 unspecified atom stereocenters.